The minimum atomic E-state index is -0.216. The van der Waals surface area contributed by atoms with Crippen molar-refractivity contribution in [1.82, 2.24) is 20.3 Å². The monoisotopic (exact) mass is 371 g/mol. The Balaban J connectivity index is 1.64. The van der Waals surface area contributed by atoms with Crippen LogP contribution in [0.3, 0.4) is 0 Å². The van der Waals surface area contributed by atoms with Crippen molar-refractivity contribution < 1.29 is 9.21 Å². The fraction of sp³-hybridized carbons (Fsp3) is 0.444. The molecular formula is C18H21N5O2S. The topological polar surface area (TPSA) is 92.9 Å². The Morgan fingerprint density at radius 1 is 1.35 bits per heavy atom. The van der Waals surface area contributed by atoms with E-state index < -0.39 is 0 Å². The summed E-state index contributed by atoms with van der Waals surface area (Å²) < 4.78 is 5.58. The first-order valence-corrected chi connectivity index (χ1v) is 9.61. The number of aromatic nitrogens is 3. The van der Waals surface area contributed by atoms with E-state index in [0.717, 1.165) is 23.5 Å². The van der Waals surface area contributed by atoms with Gasteiger partial charge in [-0.05, 0) is 26.7 Å². The molecule has 2 N–H and O–H groups in total. The van der Waals surface area contributed by atoms with Crippen LogP contribution in [0.4, 0.5) is 5.82 Å². The molecule has 1 fully saturated rings. The number of aryl methyl sites for hydroxylation is 2. The molecule has 0 spiro atoms. The van der Waals surface area contributed by atoms with E-state index in [4.69, 9.17) is 4.42 Å². The first kappa shape index (κ1) is 17.0. The lowest BCUT2D eigenvalue weighted by molar-refractivity contribution is 0.0951. The second kappa shape index (κ2) is 6.35. The van der Waals surface area contributed by atoms with E-state index in [2.05, 4.69) is 32.5 Å². The van der Waals surface area contributed by atoms with Gasteiger partial charge in [0, 0.05) is 17.3 Å². The minimum absolute atomic E-state index is 0.0371. The maximum Gasteiger partial charge on any atom is 0.255 e. The maximum atomic E-state index is 12.7. The van der Waals surface area contributed by atoms with E-state index in [1.807, 2.05) is 19.2 Å². The van der Waals surface area contributed by atoms with Gasteiger partial charge in [0.2, 0.25) is 5.71 Å². The lowest BCUT2D eigenvalue weighted by Gasteiger charge is -2.14. The molecule has 7 nitrogen and oxygen atoms in total. The van der Waals surface area contributed by atoms with Crippen LogP contribution >= 0.6 is 11.3 Å². The summed E-state index contributed by atoms with van der Waals surface area (Å²) >= 11 is 1.56. The molecule has 0 saturated heterocycles. The van der Waals surface area contributed by atoms with Crippen LogP contribution in [0.15, 0.2) is 16.1 Å². The van der Waals surface area contributed by atoms with Crippen LogP contribution in [0.5, 0.6) is 0 Å². The normalized spacial score (nSPS) is 15.2. The van der Waals surface area contributed by atoms with E-state index in [9.17, 15) is 4.79 Å². The smallest absolute Gasteiger partial charge is 0.255 e. The van der Waals surface area contributed by atoms with Crippen molar-refractivity contribution >= 4 is 34.2 Å². The Bertz CT molecular complexity index is 973. The Hall–Kier alpha value is -2.48. The predicted octanol–water partition coefficient (Wildman–Crippen LogP) is 3.44. The fourth-order valence-corrected chi connectivity index (χ4v) is 3.37. The first-order valence-electron chi connectivity index (χ1n) is 8.73. The van der Waals surface area contributed by atoms with Gasteiger partial charge < -0.3 is 15.1 Å². The van der Waals surface area contributed by atoms with Crippen LogP contribution in [0.2, 0.25) is 0 Å². The summed E-state index contributed by atoms with van der Waals surface area (Å²) in [4.78, 5) is 26.1. The maximum absolute atomic E-state index is 12.7. The highest BCUT2D eigenvalue weighted by atomic mass is 32.1. The number of nitrogens with one attached hydrogen (secondary N) is 2. The molecule has 1 aliphatic carbocycles. The van der Waals surface area contributed by atoms with Crippen molar-refractivity contribution in [2.75, 3.05) is 5.32 Å². The van der Waals surface area contributed by atoms with E-state index in [1.165, 1.54) is 6.26 Å². The van der Waals surface area contributed by atoms with Crippen molar-refractivity contribution in [3.63, 3.8) is 0 Å². The number of carbonyl (C=O) groups excluding carboxylic acids is 1. The third-order valence-corrected chi connectivity index (χ3v) is 5.38. The first-order chi connectivity index (χ1) is 12.5. The molecule has 3 aromatic heterocycles. The van der Waals surface area contributed by atoms with Gasteiger partial charge in [-0.15, -0.1) is 11.3 Å². The predicted molar refractivity (Wildman–Crippen MR) is 100 cm³/mol. The van der Waals surface area contributed by atoms with Crippen molar-refractivity contribution in [2.24, 2.45) is 0 Å². The lowest BCUT2D eigenvalue weighted by Crippen LogP contribution is -2.23. The average Bonchev–Trinajstić information content (AvgIpc) is 3.02. The molecule has 0 aliphatic heterocycles. The molecule has 8 heteroatoms. The van der Waals surface area contributed by atoms with Crippen molar-refractivity contribution in [3.05, 3.63) is 33.7 Å². The van der Waals surface area contributed by atoms with Gasteiger partial charge in [0.15, 0.2) is 0 Å². The quantitative estimate of drug-likeness (QED) is 0.689. The summed E-state index contributed by atoms with van der Waals surface area (Å²) in [7, 11) is 0. The summed E-state index contributed by atoms with van der Waals surface area (Å²) in [6.07, 6.45) is 4.33. The van der Waals surface area contributed by atoms with Gasteiger partial charge >= 0.3 is 0 Å². The second-order valence-electron chi connectivity index (χ2n) is 6.90. The van der Waals surface area contributed by atoms with Crippen LogP contribution in [0, 0.1) is 6.92 Å². The molecule has 1 aliphatic rings. The van der Waals surface area contributed by atoms with Crippen LogP contribution in [0.25, 0.3) is 11.1 Å². The number of thiazole rings is 1. The molecule has 1 saturated carbocycles. The standard InChI is InChI=1S/C18H21N5O2S/c1-4-13-21-15(23-18(3)5-6-18)14-12(8-25-17(14)22-13)16(24)19-7-11-9-26-10(2)20-11/h8-9H,4-7H2,1-3H3,(H,19,24)(H,21,22,23). The number of carbonyl (C=O) groups is 1. The van der Waals surface area contributed by atoms with Crippen LogP contribution in [-0.4, -0.2) is 26.4 Å². The number of amides is 1. The van der Waals surface area contributed by atoms with Crippen LogP contribution < -0.4 is 10.6 Å². The summed E-state index contributed by atoms with van der Waals surface area (Å²) in [6.45, 7) is 6.47. The van der Waals surface area contributed by atoms with E-state index in [-0.39, 0.29) is 11.4 Å². The molecule has 0 atom stereocenters. The zero-order valence-electron chi connectivity index (χ0n) is 15.0. The van der Waals surface area contributed by atoms with E-state index in [0.29, 0.717) is 41.3 Å². The van der Waals surface area contributed by atoms with Crippen molar-refractivity contribution in [2.45, 2.75) is 52.1 Å². The van der Waals surface area contributed by atoms with Crippen LogP contribution in [0.1, 0.15) is 53.6 Å². The summed E-state index contributed by atoms with van der Waals surface area (Å²) in [5.41, 5.74) is 1.77. The Morgan fingerprint density at radius 2 is 2.15 bits per heavy atom. The van der Waals surface area contributed by atoms with Gasteiger partial charge in [-0.25, -0.2) is 9.97 Å². The SMILES string of the molecule is CCc1nc(NC2(C)CC2)c2c(C(=O)NCc3csc(C)n3)coc2n1. The van der Waals surface area contributed by atoms with Gasteiger partial charge in [0.05, 0.1) is 28.2 Å². The average molecular weight is 371 g/mol. The lowest BCUT2D eigenvalue weighted by atomic mass is 10.2. The van der Waals surface area contributed by atoms with Crippen molar-refractivity contribution in [1.29, 1.82) is 0 Å². The molecule has 0 bridgehead atoms. The highest BCUT2D eigenvalue weighted by molar-refractivity contribution is 7.09. The largest absolute Gasteiger partial charge is 0.445 e. The van der Waals surface area contributed by atoms with Gasteiger partial charge in [0.1, 0.15) is 17.9 Å². The summed E-state index contributed by atoms with van der Waals surface area (Å²) in [5, 5.41) is 9.94. The third kappa shape index (κ3) is 3.29. The van der Waals surface area contributed by atoms with Gasteiger partial charge in [0.25, 0.3) is 5.91 Å². The number of hydrogen-bond donors (Lipinski definition) is 2. The number of hydrogen-bond acceptors (Lipinski definition) is 7. The summed E-state index contributed by atoms with van der Waals surface area (Å²) in [5.74, 6) is 1.16. The van der Waals surface area contributed by atoms with Crippen LogP contribution in [-0.2, 0) is 13.0 Å². The highest BCUT2D eigenvalue weighted by Crippen LogP contribution is 2.40. The van der Waals surface area contributed by atoms with E-state index in [1.54, 1.807) is 11.3 Å². The molecule has 26 heavy (non-hydrogen) atoms. The molecule has 1 amide bonds. The van der Waals surface area contributed by atoms with Gasteiger partial charge in [-0.1, -0.05) is 6.92 Å². The molecule has 0 radical (unpaired) electrons. The molecule has 3 heterocycles. The van der Waals surface area contributed by atoms with Gasteiger partial charge in [-0.2, -0.15) is 4.98 Å². The minimum Gasteiger partial charge on any atom is -0.445 e. The molecule has 136 valence electrons. The Labute approximate surface area is 155 Å². The number of furan rings is 1. The number of rotatable bonds is 6. The zero-order chi connectivity index (χ0) is 18.3. The number of nitrogens with zero attached hydrogens (tertiary/aromatic N) is 3. The molecule has 0 unspecified atom stereocenters. The Kier molecular flexibility index (Phi) is 4.14. The second-order valence-corrected chi connectivity index (χ2v) is 7.96. The molecule has 0 aromatic carbocycles. The third-order valence-electron chi connectivity index (χ3n) is 4.56. The highest BCUT2D eigenvalue weighted by Gasteiger charge is 2.38. The zero-order valence-corrected chi connectivity index (χ0v) is 15.9. The van der Waals surface area contributed by atoms with Crippen molar-refractivity contribution in [3.8, 4) is 0 Å². The fourth-order valence-electron chi connectivity index (χ4n) is 2.76. The van der Waals surface area contributed by atoms with E-state index >= 15 is 0 Å². The number of fused-ring (bicyclic) bond motifs is 1. The number of anilines is 1. The summed E-state index contributed by atoms with van der Waals surface area (Å²) in [6, 6.07) is 0. The Morgan fingerprint density at radius 3 is 2.81 bits per heavy atom. The molecular weight excluding hydrogens is 350 g/mol. The molecule has 4 rings (SSSR count). The van der Waals surface area contributed by atoms with Gasteiger partial charge in [-0.3, -0.25) is 4.79 Å². The molecule has 3 aromatic rings.